The summed E-state index contributed by atoms with van der Waals surface area (Å²) in [7, 11) is 0. The van der Waals surface area contributed by atoms with Gasteiger partial charge in [0.1, 0.15) is 0 Å². The fourth-order valence-corrected chi connectivity index (χ4v) is 3.28. The third-order valence-corrected chi connectivity index (χ3v) is 5.14. The molecule has 0 amide bonds. The van der Waals surface area contributed by atoms with E-state index in [0.29, 0.717) is 11.7 Å². The Bertz CT molecular complexity index is 762. The second kappa shape index (κ2) is 9.33. The van der Waals surface area contributed by atoms with Crippen molar-refractivity contribution in [2.24, 2.45) is 0 Å². The molecule has 1 heterocycles. The van der Waals surface area contributed by atoms with Crippen molar-refractivity contribution >= 4 is 34.6 Å². The van der Waals surface area contributed by atoms with Gasteiger partial charge >= 0.3 is 0 Å². The topological polar surface area (TPSA) is 36.5 Å². The van der Waals surface area contributed by atoms with Crippen molar-refractivity contribution in [1.82, 2.24) is 10.2 Å². The van der Waals surface area contributed by atoms with Gasteiger partial charge in [0.2, 0.25) is 0 Å². The minimum absolute atomic E-state index is 0.589. The predicted octanol–water partition coefficient (Wildman–Crippen LogP) is 3.97. The van der Waals surface area contributed by atoms with Gasteiger partial charge in [-0.15, -0.1) is 0 Å². The van der Waals surface area contributed by atoms with E-state index >= 15 is 0 Å². The average Bonchev–Trinajstić information content (AvgIpc) is 2.65. The Balaban J connectivity index is 1.56. The molecule has 138 valence electrons. The highest BCUT2D eigenvalue weighted by atomic mass is 35.5. The Morgan fingerprint density at radius 1 is 1.15 bits per heavy atom. The van der Waals surface area contributed by atoms with Crippen LogP contribution in [0.1, 0.15) is 16.7 Å². The van der Waals surface area contributed by atoms with Gasteiger partial charge in [0, 0.05) is 36.9 Å². The van der Waals surface area contributed by atoms with Crippen molar-refractivity contribution < 1.29 is 4.74 Å². The summed E-state index contributed by atoms with van der Waals surface area (Å²) in [6.07, 6.45) is 0. The molecule has 0 unspecified atom stereocenters. The highest BCUT2D eigenvalue weighted by Gasteiger charge is 2.12. The molecule has 26 heavy (non-hydrogen) atoms. The summed E-state index contributed by atoms with van der Waals surface area (Å²) < 4.78 is 5.43. The first-order chi connectivity index (χ1) is 12.6. The SMILES string of the molecule is Cc1ccc(NC(=S)NCc2ccccc2CN2CCOCC2)cc1Cl. The van der Waals surface area contributed by atoms with Crippen LogP contribution in [0.3, 0.4) is 0 Å². The lowest BCUT2D eigenvalue weighted by atomic mass is 10.1. The number of benzene rings is 2. The van der Waals surface area contributed by atoms with E-state index in [4.69, 9.17) is 28.6 Å². The second-order valence-electron chi connectivity index (χ2n) is 6.43. The van der Waals surface area contributed by atoms with Crippen LogP contribution in [0.4, 0.5) is 5.69 Å². The number of hydrogen-bond acceptors (Lipinski definition) is 3. The van der Waals surface area contributed by atoms with Crippen LogP contribution < -0.4 is 10.6 Å². The number of ether oxygens (including phenoxy) is 1. The van der Waals surface area contributed by atoms with Gasteiger partial charge in [-0.25, -0.2) is 0 Å². The summed E-state index contributed by atoms with van der Waals surface area (Å²) in [6, 6.07) is 14.3. The second-order valence-corrected chi connectivity index (χ2v) is 7.24. The molecule has 0 spiro atoms. The maximum absolute atomic E-state index is 6.17. The Hall–Kier alpha value is -1.66. The molecule has 0 bridgehead atoms. The fraction of sp³-hybridized carbons (Fsp3) is 0.350. The number of rotatable bonds is 5. The van der Waals surface area contributed by atoms with E-state index in [1.807, 2.05) is 25.1 Å². The molecule has 0 aliphatic carbocycles. The third kappa shape index (κ3) is 5.42. The van der Waals surface area contributed by atoms with Gasteiger partial charge in [0.05, 0.1) is 13.2 Å². The molecular weight excluding hydrogens is 366 g/mol. The van der Waals surface area contributed by atoms with Gasteiger partial charge in [-0.05, 0) is 48.0 Å². The van der Waals surface area contributed by atoms with Gasteiger partial charge < -0.3 is 15.4 Å². The lowest BCUT2D eigenvalue weighted by Crippen LogP contribution is -2.36. The molecule has 0 aromatic heterocycles. The smallest absolute Gasteiger partial charge is 0.171 e. The van der Waals surface area contributed by atoms with Crippen molar-refractivity contribution in [2.75, 3.05) is 31.6 Å². The molecule has 1 fully saturated rings. The molecule has 1 aliphatic rings. The standard InChI is InChI=1S/C20H24ClN3OS/c1-15-6-7-18(12-19(15)21)23-20(26)22-13-16-4-2-3-5-17(16)14-24-8-10-25-11-9-24/h2-7,12H,8-11,13-14H2,1H3,(H2,22,23,26). The number of hydrogen-bond donors (Lipinski definition) is 2. The molecule has 0 atom stereocenters. The highest BCUT2D eigenvalue weighted by Crippen LogP contribution is 2.20. The molecule has 3 rings (SSSR count). The van der Waals surface area contributed by atoms with E-state index in [-0.39, 0.29) is 0 Å². The molecule has 2 aromatic rings. The minimum atomic E-state index is 0.589. The van der Waals surface area contributed by atoms with Crippen molar-refractivity contribution in [1.29, 1.82) is 0 Å². The number of anilines is 1. The van der Waals surface area contributed by atoms with Crippen LogP contribution in [0, 0.1) is 6.92 Å². The maximum Gasteiger partial charge on any atom is 0.171 e. The zero-order valence-electron chi connectivity index (χ0n) is 14.9. The summed E-state index contributed by atoms with van der Waals surface area (Å²) in [5.74, 6) is 0. The van der Waals surface area contributed by atoms with Gasteiger partial charge in [0.15, 0.2) is 5.11 Å². The normalized spacial score (nSPS) is 14.8. The average molecular weight is 390 g/mol. The number of morpholine rings is 1. The molecule has 6 heteroatoms. The number of halogens is 1. The van der Waals surface area contributed by atoms with Crippen LogP contribution >= 0.6 is 23.8 Å². The Morgan fingerprint density at radius 2 is 1.88 bits per heavy atom. The number of nitrogens with one attached hydrogen (secondary N) is 2. The lowest BCUT2D eigenvalue weighted by Gasteiger charge is -2.27. The van der Waals surface area contributed by atoms with E-state index in [0.717, 1.165) is 49.1 Å². The van der Waals surface area contributed by atoms with Gasteiger partial charge in [-0.3, -0.25) is 4.90 Å². The summed E-state index contributed by atoms with van der Waals surface area (Å²) in [5, 5.41) is 7.80. The van der Waals surface area contributed by atoms with Crippen LogP contribution in [-0.2, 0) is 17.8 Å². The Labute approximate surface area is 165 Å². The summed E-state index contributed by atoms with van der Waals surface area (Å²) >= 11 is 11.6. The van der Waals surface area contributed by atoms with Crippen LogP contribution in [-0.4, -0.2) is 36.3 Å². The van der Waals surface area contributed by atoms with Crippen LogP contribution in [0.2, 0.25) is 5.02 Å². The van der Waals surface area contributed by atoms with Crippen LogP contribution in [0.25, 0.3) is 0 Å². The van der Waals surface area contributed by atoms with Crippen LogP contribution in [0.15, 0.2) is 42.5 Å². The Morgan fingerprint density at radius 3 is 2.62 bits per heavy atom. The maximum atomic E-state index is 6.17. The predicted molar refractivity (Wildman–Crippen MR) is 112 cm³/mol. The highest BCUT2D eigenvalue weighted by molar-refractivity contribution is 7.80. The number of aryl methyl sites for hydroxylation is 1. The molecule has 1 aliphatic heterocycles. The quantitative estimate of drug-likeness (QED) is 0.757. The Kier molecular flexibility index (Phi) is 6.86. The molecule has 2 N–H and O–H groups in total. The first-order valence-corrected chi connectivity index (χ1v) is 9.58. The van der Waals surface area contributed by atoms with E-state index in [1.165, 1.54) is 11.1 Å². The number of nitrogens with zero attached hydrogens (tertiary/aromatic N) is 1. The first-order valence-electron chi connectivity index (χ1n) is 8.80. The van der Waals surface area contributed by atoms with Crippen molar-refractivity contribution in [2.45, 2.75) is 20.0 Å². The fourth-order valence-electron chi connectivity index (χ4n) is 2.91. The van der Waals surface area contributed by atoms with Crippen molar-refractivity contribution in [3.63, 3.8) is 0 Å². The van der Waals surface area contributed by atoms with Gasteiger partial charge in [0.25, 0.3) is 0 Å². The lowest BCUT2D eigenvalue weighted by molar-refractivity contribution is 0.0341. The molecule has 2 aromatic carbocycles. The van der Waals surface area contributed by atoms with Gasteiger partial charge in [-0.1, -0.05) is 41.9 Å². The van der Waals surface area contributed by atoms with Gasteiger partial charge in [-0.2, -0.15) is 0 Å². The van der Waals surface area contributed by atoms with Crippen molar-refractivity contribution in [3.8, 4) is 0 Å². The third-order valence-electron chi connectivity index (χ3n) is 4.49. The van der Waals surface area contributed by atoms with E-state index < -0.39 is 0 Å². The molecule has 0 radical (unpaired) electrons. The number of thiocarbonyl (C=S) groups is 1. The summed E-state index contributed by atoms with van der Waals surface area (Å²) in [5.41, 5.74) is 4.51. The summed E-state index contributed by atoms with van der Waals surface area (Å²) in [6.45, 7) is 7.20. The van der Waals surface area contributed by atoms with Crippen molar-refractivity contribution in [3.05, 3.63) is 64.2 Å². The van der Waals surface area contributed by atoms with E-state index in [2.05, 4.69) is 39.8 Å². The van der Waals surface area contributed by atoms with E-state index in [9.17, 15) is 0 Å². The minimum Gasteiger partial charge on any atom is -0.379 e. The monoisotopic (exact) mass is 389 g/mol. The molecule has 4 nitrogen and oxygen atoms in total. The first kappa shape index (κ1) is 19.1. The molecular formula is C20H24ClN3OS. The zero-order chi connectivity index (χ0) is 18.4. The molecule has 0 saturated carbocycles. The molecule has 1 saturated heterocycles. The van der Waals surface area contributed by atoms with E-state index in [1.54, 1.807) is 0 Å². The zero-order valence-corrected chi connectivity index (χ0v) is 16.5. The van der Waals surface area contributed by atoms with Crippen LogP contribution in [0.5, 0.6) is 0 Å². The largest absolute Gasteiger partial charge is 0.379 e. The summed E-state index contributed by atoms with van der Waals surface area (Å²) in [4.78, 5) is 2.42.